The average Bonchev–Trinajstić information content (AvgIpc) is 2.60. The monoisotopic (exact) mass is 356 g/mol. The van der Waals surface area contributed by atoms with Crippen molar-refractivity contribution in [1.29, 1.82) is 0 Å². The Morgan fingerprint density at radius 3 is 2.50 bits per heavy atom. The molecule has 136 valence electrons. The maximum Gasteiger partial charge on any atom is 0.224 e. The lowest BCUT2D eigenvalue weighted by Gasteiger charge is -2.38. The van der Waals surface area contributed by atoms with Crippen molar-refractivity contribution in [2.24, 2.45) is 11.7 Å². The Labute approximate surface area is 150 Å². The fourth-order valence-corrected chi connectivity index (χ4v) is 2.94. The van der Waals surface area contributed by atoms with E-state index in [1.54, 1.807) is 0 Å². The predicted octanol–water partition coefficient (Wildman–Crippen LogP) is 2.27. The first-order valence-corrected chi connectivity index (χ1v) is 8.40. The molecule has 1 fully saturated rings. The lowest BCUT2D eigenvalue weighted by atomic mass is 9.74. The normalized spacial score (nSPS) is 17.5. The first kappa shape index (κ1) is 20.7. The maximum atomic E-state index is 12.1. The van der Waals surface area contributed by atoms with Crippen molar-refractivity contribution in [1.82, 2.24) is 5.32 Å². The van der Waals surface area contributed by atoms with E-state index in [1.165, 1.54) is 5.56 Å². The molecule has 1 unspecified atom stereocenters. The minimum Gasteiger partial charge on any atom is -0.494 e. The van der Waals surface area contributed by atoms with Gasteiger partial charge in [-0.25, -0.2) is 0 Å². The van der Waals surface area contributed by atoms with Crippen molar-refractivity contribution in [3.63, 3.8) is 0 Å². The molecule has 1 amide bonds. The van der Waals surface area contributed by atoms with E-state index in [0.717, 1.165) is 31.8 Å². The highest BCUT2D eigenvalue weighted by molar-refractivity contribution is 5.85. The molecule has 1 atom stereocenters. The van der Waals surface area contributed by atoms with Crippen LogP contribution in [0.1, 0.15) is 32.3 Å². The molecule has 1 saturated heterocycles. The summed E-state index contributed by atoms with van der Waals surface area (Å²) in [6.45, 7) is 6.90. The summed E-state index contributed by atoms with van der Waals surface area (Å²) in [5.41, 5.74) is 6.73. The zero-order chi connectivity index (χ0) is 16.7. The molecule has 0 radical (unpaired) electrons. The Hall–Kier alpha value is -1.30. The molecule has 3 N–H and O–H groups in total. The van der Waals surface area contributed by atoms with E-state index in [0.29, 0.717) is 19.7 Å². The van der Waals surface area contributed by atoms with Gasteiger partial charge in [-0.05, 0) is 37.5 Å². The first-order valence-electron chi connectivity index (χ1n) is 8.40. The highest BCUT2D eigenvalue weighted by atomic mass is 35.5. The zero-order valence-electron chi connectivity index (χ0n) is 14.5. The van der Waals surface area contributed by atoms with Gasteiger partial charge in [0.1, 0.15) is 5.75 Å². The number of rotatable bonds is 7. The number of nitrogens with one attached hydrogen (secondary N) is 1. The van der Waals surface area contributed by atoms with E-state index in [-0.39, 0.29) is 29.6 Å². The standard InChI is InChI=1S/C18H28N2O3.ClH/c1-3-23-16-6-4-15(5-7-16)18(8-10-22-11-9-18)13-20-17(21)14(2)12-19;/h4-7,14H,3,8-13,19H2,1-2H3,(H,20,21);1H. The third-order valence-electron chi connectivity index (χ3n) is 4.63. The quantitative estimate of drug-likeness (QED) is 0.786. The van der Waals surface area contributed by atoms with Crippen LogP contribution in [-0.2, 0) is 14.9 Å². The largest absolute Gasteiger partial charge is 0.494 e. The molecular formula is C18H29ClN2O3. The summed E-state index contributed by atoms with van der Waals surface area (Å²) in [5, 5.41) is 3.08. The van der Waals surface area contributed by atoms with Gasteiger partial charge in [0.2, 0.25) is 5.91 Å². The highest BCUT2D eigenvalue weighted by Crippen LogP contribution is 2.35. The lowest BCUT2D eigenvalue weighted by Crippen LogP contribution is -2.46. The molecule has 1 aromatic carbocycles. The summed E-state index contributed by atoms with van der Waals surface area (Å²) in [6, 6.07) is 8.21. The second kappa shape index (κ2) is 9.87. The minimum atomic E-state index is -0.160. The SMILES string of the molecule is CCOc1ccc(C2(CNC(=O)C(C)CN)CCOCC2)cc1.Cl. The van der Waals surface area contributed by atoms with Gasteiger partial charge in [0.05, 0.1) is 6.61 Å². The average molecular weight is 357 g/mol. The van der Waals surface area contributed by atoms with Crippen molar-refractivity contribution >= 4 is 18.3 Å². The number of carbonyl (C=O) groups is 1. The van der Waals surface area contributed by atoms with Crippen LogP contribution in [0.15, 0.2) is 24.3 Å². The lowest BCUT2D eigenvalue weighted by molar-refractivity contribution is -0.124. The van der Waals surface area contributed by atoms with Crippen LogP contribution in [0.5, 0.6) is 5.75 Å². The molecule has 6 heteroatoms. The Kier molecular flexibility index (Phi) is 8.53. The fourth-order valence-electron chi connectivity index (χ4n) is 2.94. The molecule has 5 nitrogen and oxygen atoms in total. The summed E-state index contributed by atoms with van der Waals surface area (Å²) < 4.78 is 11.0. The maximum absolute atomic E-state index is 12.1. The third kappa shape index (κ3) is 5.10. The summed E-state index contributed by atoms with van der Waals surface area (Å²) in [6.07, 6.45) is 1.80. The molecule has 1 aromatic rings. The van der Waals surface area contributed by atoms with Gasteiger partial charge >= 0.3 is 0 Å². The van der Waals surface area contributed by atoms with E-state index in [4.69, 9.17) is 15.2 Å². The smallest absolute Gasteiger partial charge is 0.224 e. The molecule has 1 heterocycles. The second-order valence-electron chi connectivity index (χ2n) is 6.20. The molecule has 0 aromatic heterocycles. The summed E-state index contributed by atoms with van der Waals surface area (Å²) in [4.78, 5) is 12.1. The molecule has 1 aliphatic heterocycles. The van der Waals surface area contributed by atoms with Crippen LogP contribution in [0.3, 0.4) is 0 Å². The first-order chi connectivity index (χ1) is 11.1. The van der Waals surface area contributed by atoms with Gasteiger partial charge in [-0.1, -0.05) is 19.1 Å². The Morgan fingerprint density at radius 1 is 1.33 bits per heavy atom. The van der Waals surface area contributed by atoms with Crippen LogP contribution in [-0.4, -0.2) is 38.8 Å². The number of nitrogens with two attached hydrogens (primary N) is 1. The van der Waals surface area contributed by atoms with Crippen molar-refractivity contribution < 1.29 is 14.3 Å². The van der Waals surface area contributed by atoms with Gasteiger partial charge in [0.15, 0.2) is 0 Å². The number of amides is 1. The van der Waals surface area contributed by atoms with E-state index in [1.807, 2.05) is 26.0 Å². The van der Waals surface area contributed by atoms with Crippen LogP contribution < -0.4 is 15.8 Å². The number of hydrogen-bond donors (Lipinski definition) is 2. The van der Waals surface area contributed by atoms with Crippen molar-refractivity contribution in [3.8, 4) is 5.75 Å². The van der Waals surface area contributed by atoms with Crippen molar-refractivity contribution in [3.05, 3.63) is 29.8 Å². The van der Waals surface area contributed by atoms with Crippen molar-refractivity contribution in [2.45, 2.75) is 32.1 Å². The zero-order valence-corrected chi connectivity index (χ0v) is 15.4. The molecule has 1 aliphatic rings. The summed E-state index contributed by atoms with van der Waals surface area (Å²) >= 11 is 0. The van der Waals surface area contributed by atoms with Gasteiger partial charge in [0.25, 0.3) is 0 Å². The second-order valence-corrected chi connectivity index (χ2v) is 6.20. The van der Waals surface area contributed by atoms with Gasteiger partial charge in [-0.15, -0.1) is 12.4 Å². The van der Waals surface area contributed by atoms with Gasteiger partial charge in [-0.3, -0.25) is 4.79 Å². The Balaban J connectivity index is 0.00000288. The van der Waals surface area contributed by atoms with E-state index >= 15 is 0 Å². The Bertz CT molecular complexity index is 501. The van der Waals surface area contributed by atoms with Crippen LogP contribution in [0.4, 0.5) is 0 Å². The van der Waals surface area contributed by atoms with Crippen LogP contribution in [0.2, 0.25) is 0 Å². The number of ether oxygens (including phenoxy) is 2. The topological polar surface area (TPSA) is 73.6 Å². The van der Waals surface area contributed by atoms with Crippen LogP contribution in [0, 0.1) is 5.92 Å². The molecule has 0 spiro atoms. The van der Waals surface area contributed by atoms with Crippen molar-refractivity contribution in [2.75, 3.05) is 32.9 Å². The fraction of sp³-hybridized carbons (Fsp3) is 0.611. The van der Waals surface area contributed by atoms with Gasteiger partial charge < -0.3 is 20.5 Å². The van der Waals surface area contributed by atoms with Crippen LogP contribution >= 0.6 is 12.4 Å². The van der Waals surface area contributed by atoms with Gasteiger partial charge in [-0.2, -0.15) is 0 Å². The summed E-state index contributed by atoms with van der Waals surface area (Å²) in [7, 11) is 0. The molecule has 0 bridgehead atoms. The number of halogens is 1. The summed E-state index contributed by atoms with van der Waals surface area (Å²) in [5.74, 6) is 0.732. The molecule has 2 rings (SSSR count). The van der Waals surface area contributed by atoms with E-state index in [9.17, 15) is 4.79 Å². The third-order valence-corrected chi connectivity index (χ3v) is 4.63. The molecule has 0 aliphatic carbocycles. The molecule has 0 saturated carbocycles. The number of benzene rings is 1. The van der Waals surface area contributed by atoms with E-state index in [2.05, 4.69) is 17.4 Å². The minimum absolute atomic E-state index is 0. The molecule has 24 heavy (non-hydrogen) atoms. The van der Waals surface area contributed by atoms with Gasteiger partial charge in [0, 0.05) is 37.6 Å². The number of hydrogen-bond acceptors (Lipinski definition) is 4. The van der Waals surface area contributed by atoms with E-state index < -0.39 is 0 Å². The van der Waals surface area contributed by atoms with Crippen LogP contribution in [0.25, 0.3) is 0 Å². The Morgan fingerprint density at radius 2 is 1.96 bits per heavy atom. The predicted molar refractivity (Wildman–Crippen MR) is 97.8 cm³/mol. The number of carbonyl (C=O) groups excluding carboxylic acids is 1. The highest BCUT2D eigenvalue weighted by Gasteiger charge is 2.35. The molecular weight excluding hydrogens is 328 g/mol.